The highest BCUT2D eigenvalue weighted by Gasteiger charge is 2.13. The Morgan fingerprint density at radius 1 is 1.31 bits per heavy atom. The van der Waals surface area contributed by atoms with Crippen LogP contribution < -0.4 is 0 Å². The molecule has 1 rings (SSSR count). The molecular weight excluding hydrogens is 200 g/mol. The molecule has 1 N–H and O–H groups in total. The molecule has 90 valence electrons. The molecule has 0 fully saturated rings. The molecule has 2 heteroatoms. The average molecular weight is 222 g/mol. The van der Waals surface area contributed by atoms with Crippen molar-refractivity contribution in [2.24, 2.45) is 0 Å². The summed E-state index contributed by atoms with van der Waals surface area (Å²) in [5, 5.41) is 9.83. The fraction of sp³-hybridized carbons (Fsp3) is 0.571. The molecule has 0 radical (unpaired) electrons. The summed E-state index contributed by atoms with van der Waals surface area (Å²) in [7, 11) is 0. The van der Waals surface area contributed by atoms with Gasteiger partial charge in [-0.3, -0.25) is 0 Å². The Morgan fingerprint density at radius 2 is 2.00 bits per heavy atom. The second kappa shape index (κ2) is 5.46. The Labute approximate surface area is 98.3 Å². The number of hydrogen-bond acceptors (Lipinski definition) is 2. The molecule has 0 amide bonds. The molecular formula is C14H22O2. The van der Waals surface area contributed by atoms with Crippen LogP contribution in [0.2, 0.25) is 0 Å². The van der Waals surface area contributed by atoms with Gasteiger partial charge < -0.3 is 9.84 Å². The predicted octanol–water partition coefficient (Wildman–Crippen LogP) is 2.71. The van der Waals surface area contributed by atoms with Crippen LogP contribution >= 0.6 is 0 Å². The Balaban J connectivity index is 2.43. The smallest absolute Gasteiger partial charge is 0.0814 e. The lowest BCUT2D eigenvalue weighted by molar-refractivity contribution is -0.0482. The van der Waals surface area contributed by atoms with Crippen LogP contribution in [0.15, 0.2) is 24.3 Å². The highest BCUT2D eigenvalue weighted by atomic mass is 16.5. The van der Waals surface area contributed by atoms with Crippen molar-refractivity contribution in [3.63, 3.8) is 0 Å². The van der Waals surface area contributed by atoms with Gasteiger partial charge in [0.1, 0.15) is 0 Å². The van der Waals surface area contributed by atoms with E-state index in [1.807, 2.05) is 32.9 Å². The van der Waals surface area contributed by atoms with E-state index in [-0.39, 0.29) is 5.60 Å². The third-order valence-corrected chi connectivity index (χ3v) is 2.26. The third kappa shape index (κ3) is 5.29. The maximum absolute atomic E-state index is 9.83. The summed E-state index contributed by atoms with van der Waals surface area (Å²) in [6.07, 6.45) is 0.221. The van der Waals surface area contributed by atoms with E-state index in [4.69, 9.17) is 4.74 Å². The molecule has 0 saturated heterocycles. The summed E-state index contributed by atoms with van der Waals surface area (Å²) in [5.74, 6) is 0. The van der Waals surface area contributed by atoms with Gasteiger partial charge in [-0.25, -0.2) is 0 Å². The summed E-state index contributed by atoms with van der Waals surface area (Å²) >= 11 is 0. The zero-order valence-electron chi connectivity index (χ0n) is 10.7. The van der Waals surface area contributed by atoms with Crippen molar-refractivity contribution in [3.05, 3.63) is 35.4 Å². The summed E-state index contributed by atoms with van der Waals surface area (Å²) < 4.78 is 5.54. The van der Waals surface area contributed by atoms with E-state index in [0.29, 0.717) is 13.0 Å². The monoisotopic (exact) mass is 222 g/mol. The number of rotatable bonds is 4. The maximum atomic E-state index is 9.83. The summed E-state index contributed by atoms with van der Waals surface area (Å²) in [5.41, 5.74) is 2.19. The molecule has 0 bridgehead atoms. The van der Waals surface area contributed by atoms with Gasteiger partial charge in [-0.2, -0.15) is 0 Å². The average Bonchev–Trinajstić information content (AvgIpc) is 2.14. The van der Waals surface area contributed by atoms with Gasteiger partial charge in [0.15, 0.2) is 0 Å². The van der Waals surface area contributed by atoms with Crippen LogP contribution in [0.25, 0.3) is 0 Å². The van der Waals surface area contributed by atoms with Crippen LogP contribution in [-0.4, -0.2) is 23.4 Å². The number of benzene rings is 1. The Morgan fingerprint density at radius 3 is 2.56 bits per heavy atom. The Bertz CT molecular complexity index is 326. The van der Waals surface area contributed by atoms with E-state index in [2.05, 4.69) is 19.1 Å². The molecule has 1 aromatic carbocycles. The second-order valence-electron chi connectivity index (χ2n) is 5.27. The van der Waals surface area contributed by atoms with Gasteiger partial charge in [0.05, 0.1) is 18.3 Å². The van der Waals surface area contributed by atoms with Crippen LogP contribution in [0.5, 0.6) is 0 Å². The first kappa shape index (κ1) is 13.2. The largest absolute Gasteiger partial charge is 0.390 e. The molecule has 0 heterocycles. The van der Waals surface area contributed by atoms with Gasteiger partial charge in [0.25, 0.3) is 0 Å². The van der Waals surface area contributed by atoms with E-state index in [9.17, 15) is 5.11 Å². The molecule has 1 aromatic rings. The summed E-state index contributed by atoms with van der Waals surface area (Å²) in [6, 6.07) is 8.21. The van der Waals surface area contributed by atoms with Crippen molar-refractivity contribution in [1.82, 2.24) is 0 Å². The SMILES string of the molecule is Cc1cccc(CC(O)COC(C)(C)C)c1. The summed E-state index contributed by atoms with van der Waals surface area (Å²) in [6.45, 7) is 8.42. The van der Waals surface area contributed by atoms with Gasteiger partial charge in [-0.05, 0) is 33.3 Å². The Kier molecular flexibility index (Phi) is 4.51. The number of hydrogen-bond donors (Lipinski definition) is 1. The molecule has 1 unspecified atom stereocenters. The minimum atomic E-state index is -0.430. The van der Waals surface area contributed by atoms with Crippen LogP contribution in [0.4, 0.5) is 0 Å². The topological polar surface area (TPSA) is 29.5 Å². The van der Waals surface area contributed by atoms with Gasteiger partial charge >= 0.3 is 0 Å². The fourth-order valence-electron chi connectivity index (χ4n) is 1.52. The second-order valence-corrected chi connectivity index (χ2v) is 5.27. The first-order valence-corrected chi connectivity index (χ1v) is 5.74. The molecule has 0 aliphatic heterocycles. The minimum absolute atomic E-state index is 0.187. The molecule has 0 aliphatic carbocycles. The lowest BCUT2D eigenvalue weighted by Gasteiger charge is -2.22. The van der Waals surface area contributed by atoms with Crippen LogP contribution in [-0.2, 0) is 11.2 Å². The van der Waals surface area contributed by atoms with Crippen LogP contribution in [0.1, 0.15) is 31.9 Å². The lowest BCUT2D eigenvalue weighted by Crippen LogP contribution is -2.27. The highest BCUT2D eigenvalue weighted by molar-refractivity contribution is 5.22. The van der Waals surface area contributed by atoms with Gasteiger partial charge in [-0.1, -0.05) is 29.8 Å². The zero-order chi connectivity index (χ0) is 12.2. The predicted molar refractivity (Wildman–Crippen MR) is 66.6 cm³/mol. The van der Waals surface area contributed by atoms with E-state index >= 15 is 0 Å². The lowest BCUT2D eigenvalue weighted by atomic mass is 10.1. The molecule has 0 aliphatic rings. The summed E-state index contributed by atoms with van der Waals surface area (Å²) in [4.78, 5) is 0. The third-order valence-electron chi connectivity index (χ3n) is 2.26. The van der Waals surface area contributed by atoms with Crippen molar-refractivity contribution in [3.8, 4) is 0 Å². The first-order chi connectivity index (χ1) is 7.37. The first-order valence-electron chi connectivity index (χ1n) is 5.74. The Hall–Kier alpha value is -0.860. The normalized spacial score (nSPS) is 13.8. The molecule has 0 saturated carbocycles. The van der Waals surface area contributed by atoms with Crippen molar-refractivity contribution in [2.45, 2.75) is 45.8 Å². The maximum Gasteiger partial charge on any atom is 0.0814 e. The number of aryl methyl sites for hydroxylation is 1. The van der Waals surface area contributed by atoms with Crippen molar-refractivity contribution in [1.29, 1.82) is 0 Å². The van der Waals surface area contributed by atoms with E-state index in [1.165, 1.54) is 5.56 Å². The number of aliphatic hydroxyl groups excluding tert-OH is 1. The van der Waals surface area contributed by atoms with Gasteiger partial charge in [0, 0.05) is 6.42 Å². The van der Waals surface area contributed by atoms with Gasteiger partial charge in [0.2, 0.25) is 0 Å². The quantitative estimate of drug-likeness (QED) is 0.848. The van der Waals surface area contributed by atoms with E-state index < -0.39 is 6.10 Å². The molecule has 1 atom stereocenters. The molecule has 0 aromatic heterocycles. The molecule has 2 nitrogen and oxygen atoms in total. The minimum Gasteiger partial charge on any atom is -0.390 e. The van der Waals surface area contributed by atoms with Crippen LogP contribution in [0.3, 0.4) is 0 Å². The zero-order valence-corrected chi connectivity index (χ0v) is 10.7. The van der Waals surface area contributed by atoms with Crippen molar-refractivity contribution >= 4 is 0 Å². The highest BCUT2D eigenvalue weighted by Crippen LogP contribution is 2.10. The molecule has 0 spiro atoms. The fourth-order valence-corrected chi connectivity index (χ4v) is 1.52. The number of ether oxygens (including phenoxy) is 1. The molecule has 16 heavy (non-hydrogen) atoms. The van der Waals surface area contributed by atoms with E-state index in [1.54, 1.807) is 0 Å². The standard InChI is InChI=1S/C14H22O2/c1-11-6-5-7-12(8-11)9-13(15)10-16-14(2,3)4/h5-8,13,15H,9-10H2,1-4H3. The van der Waals surface area contributed by atoms with Gasteiger partial charge in [-0.15, -0.1) is 0 Å². The van der Waals surface area contributed by atoms with Crippen molar-refractivity contribution in [2.75, 3.05) is 6.61 Å². The van der Waals surface area contributed by atoms with E-state index in [0.717, 1.165) is 5.56 Å². The van der Waals surface area contributed by atoms with Crippen molar-refractivity contribution < 1.29 is 9.84 Å². The number of aliphatic hydroxyl groups is 1. The van der Waals surface area contributed by atoms with Crippen LogP contribution in [0, 0.1) is 6.92 Å².